The van der Waals surface area contributed by atoms with Crippen LogP contribution in [0.25, 0.3) is 0 Å². The molecule has 2 unspecified atom stereocenters. The molecule has 1 amide bonds. The van der Waals surface area contributed by atoms with Crippen LogP contribution in [0.2, 0.25) is 0 Å². The molecule has 1 aliphatic rings. The van der Waals surface area contributed by atoms with Gasteiger partial charge >= 0.3 is 12.1 Å². The number of ether oxygens (including phenoxy) is 1. The van der Waals surface area contributed by atoms with Gasteiger partial charge in [-0.15, -0.1) is 0 Å². The van der Waals surface area contributed by atoms with Gasteiger partial charge in [0.15, 0.2) is 0 Å². The van der Waals surface area contributed by atoms with E-state index in [0.29, 0.717) is 0 Å². The Labute approximate surface area is 99.5 Å². The summed E-state index contributed by atoms with van der Waals surface area (Å²) in [7, 11) is 0. The second kappa shape index (κ2) is 4.89. The highest BCUT2D eigenvalue weighted by Gasteiger charge is 2.41. The van der Waals surface area contributed by atoms with E-state index in [-0.39, 0.29) is 13.0 Å². The van der Waals surface area contributed by atoms with Crippen LogP contribution in [0.1, 0.15) is 27.2 Å². The molecule has 17 heavy (non-hydrogen) atoms. The third-order valence-corrected chi connectivity index (χ3v) is 2.52. The Bertz CT molecular complexity index is 313. The van der Waals surface area contributed by atoms with E-state index >= 15 is 0 Å². The molecule has 0 bridgehead atoms. The van der Waals surface area contributed by atoms with Gasteiger partial charge in [0.1, 0.15) is 11.6 Å². The molecule has 1 aliphatic heterocycles. The summed E-state index contributed by atoms with van der Waals surface area (Å²) in [6.07, 6.45) is -0.550. The van der Waals surface area contributed by atoms with Crippen LogP contribution in [0.15, 0.2) is 0 Å². The second-order valence-electron chi connectivity index (χ2n) is 5.24. The Morgan fingerprint density at radius 3 is 2.47 bits per heavy atom. The van der Waals surface area contributed by atoms with Crippen molar-refractivity contribution in [2.75, 3.05) is 13.2 Å². The number of aliphatic carboxylic acids is 1. The van der Waals surface area contributed by atoms with E-state index in [2.05, 4.69) is 0 Å². The van der Waals surface area contributed by atoms with Crippen molar-refractivity contribution in [3.05, 3.63) is 0 Å². The van der Waals surface area contributed by atoms with Crippen LogP contribution in [0.4, 0.5) is 9.18 Å². The molecule has 1 saturated heterocycles. The number of hydrogen-bond donors (Lipinski definition) is 1. The van der Waals surface area contributed by atoms with Gasteiger partial charge in [0, 0.05) is 12.5 Å². The third kappa shape index (κ3) is 3.57. The zero-order chi connectivity index (χ0) is 13.2. The number of carboxylic acids is 1. The quantitative estimate of drug-likeness (QED) is 0.806. The number of amides is 1. The van der Waals surface area contributed by atoms with Gasteiger partial charge in [-0.1, -0.05) is 0 Å². The molecule has 0 aromatic carbocycles. The maximum absolute atomic E-state index is 12.5. The van der Waals surface area contributed by atoms with E-state index in [9.17, 15) is 14.0 Å². The Morgan fingerprint density at radius 1 is 1.47 bits per heavy atom. The zero-order valence-corrected chi connectivity index (χ0v) is 10.3. The maximum Gasteiger partial charge on any atom is 0.411 e. The molecule has 0 spiro atoms. The number of carbonyl (C=O) groups excluding carboxylic acids is 1. The first kappa shape index (κ1) is 13.7. The summed E-state index contributed by atoms with van der Waals surface area (Å²) in [5, 5.41) is 8.97. The molecule has 0 aromatic heterocycles. The van der Waals surface area contributed by atoms with E-state index in [1.165, 1.54) is 0 Å². The lowest BCUT2D eigenvalue weighted by atomic mass is 10.1. The van der Waals surface area contributed by atoms with Crippen LogP contribution in [0.3, 0.4) is 0 Å². The van der Waals surface area contributed by atoms with Gasteiger partial charge in [0.2, 0.25) is 0 Å². The number of halogens is 1. The van der Waals surface area contributed by atoms with Gasteiger partial charge in [-0.05, 0) is 27.2 Å². The summed E-state index contributed by atoms with van der Waals surface area (Å²) < 4.78 is 17.6. The Hall–Kier alpha value is -1.33. The van der Waals surface area contributed by atoms with Gasteiger partial charge in [0.25, 0.3) is 0 Å². The van der Waals surface area contributed by atoms with Crippen molar-refractivity contribution in [2.45, 2.75) is 38.8 Å². The third-order valence-electron chi connectivity index (χ3n) is 2.52. The minimum absolute atomic E-state index is 0.0996. The normalized spacial score (nSPS) is 24.8. The summed E-state index contributed by atoms with van der Waals surface area (Å²) in [4.78, 5) is 23.8. The Kier molecular flexibility index (Phi) is 3.95. The monoisotopic (exact) mass is 247 g/mol. The van der Waals surface area contributed by atoms with Crippen LogP contribution in [-0.2, 0) is 9.53 Å². The molecule has 0 saturated carbocycles. The number of likely N-dealkylation sites (tertiary alicyclic amines) is 1. The summed E-state index contributed by atoms with van der Waals surface area (Å²) in [6, 6.07) is -0.981. The highest BCUT2D eigenvalue weighted by atomic mass is 19.1. The molecule has 98 valence electrons. The SMILES string of the molecule is CC(C)(C)OC(=O)N1CC(CF)CC1C(=O)O. The molecule has 0 aliphatic carbocycles. The second-order valence-corrected chi connectivity index (χ2v) is 5.24. The minimum atomic E-state index is -1.12. The van der Waals surface area contributed by atoms with Gasteiger partial charge in [-0.3, -0.25) is 9.29 Å². The summed E-state index contributed by atoms with van der Waals surface area (Å²) in [5.41, 5.74) is -0.687. The summed E-state index contributed by atoms with van der Waals surface area (Å²) in [6.45, 7) is 4.57. The number of hydrogen-bond acceptors (Lipinski definition) is 3. The number of alkyl halides is 1. The predicted octanol–water partition coefficient (Wildman–Crippen LogP) is 1.67. The average molecular weight is 247 g/mol. The zero-order valence-electron chi connectivity index (χ0n) is 10.3. The van der Waals surface area contributed by atoms with Gasteiger partial charge in [-0.25, -0.2) is 9.59 Å². The van der Waals surface area contributed by atoms with E-state index in [1.807, 2.05) is 0 Å². The largest absolute Gasteiger partial charge is 0.480 e. The topological polar surface area (TPSA) is 66.8 Å². The van der Waals surface area contributed by atoms with Gasteiger partial charge < -0.3 is 9.84 Å². The molecule has 1 N–H and O–H groups in total. The Morgan fingerprint density at radius 2 is 2.06 bits per heavy atom. The smallest absolute Gasteiger partial charge is 0.411 e. The fraction of sp³-hybridized carbons (Fsp3) is 0.818. The fourth-order valence-corrected chi connectivity index (χ4v) is 1.79. The summed E-state index contributed by atoms with van der Waals surface area (Å²) >= 11 is 0. The first-order chi connectivity index (χ1) is 7.74. The number of carboxylic acid groups (broad SMARTS) is 1. The molecule has 2 atom stereocenters. The molecule has 0 radical (unpaired) electrons. The van der Waals surface area contributed by atoms with Crippen molar-refractivity contribution in [3.63, 3.8) is 0 Å². The Balaban J connectivity index is 2.73. The van der Waals surface area contributed by atoms with E-state index in [1.54, 1.807) is 20.8 Å². The lowest BCUT2D eigenvalue weighted by Crippen LogP contribution is -2.43. The van der Waals surface area contributed by atoms with Crippen molar-refractivity contribution in [1.82, 2.24) is 4.90 Å². The standard InChI is InChI=1S/C11H18FNO4/c1-11(2,3)17-10(16)13-6-7(5-12)4-8(13)9(14)15/h7-8H,4-6H2,1-3H3,(H,14,15). The molecular weight excluding hydrogens is 229 g/mol. The lowest BCUT2D eigenvalue weighted by molar-refractivity contribution is -0.142. The maximum atomic E-state index is 12.5. The highest BCUT2D eigenvalue weighted by molar-refractivity contribution is 5.81. The summed E-state index contributed by atoms with van der Waals surface area (Å²) in [5.74, 6) is -1.53. The van der Waals surface area contributed by atoms with Crippen molar-refractivity contribution < 1.29 is 23.8 Å². The van der Waals surface area contributed by atoms with Crippen LogP contribution in [0, 0.1) is 5.92 Å². The van der Waals surface area contributed by atoms with E-state index in [0.717, 1.165) is 4.90 Å². The molecule has 1 rings (SSSR count). The highest BCUT2D eigenvalue weighted by Crippen LogP contribution is 2.25. The van der Waals surface area contributed by atoms with E-state index in [4.69, 9.17) is 9.84 Å². The molecule has 5 nitrogen and oxygen atoms in total. The fourth-order valence-electron chi connectivity index (χ4n) is 1.79. The van der Waals surface area contributed by atoms with Crippen LogP contribution in [0.5, 0.6) is 0 Å². The first-order valence-corrected chi connectivity index (χ1v) is 5.53. The van der Waals surface area contributed by atoms with Crippen molar-refractivity contribution in [3.8, 4) is 0 Å². The average Bonchev–Trinajstić information content (AvgIpc) is 2.58. The molecule has 6 heteroatoms. The van der Waals surface area contributed by atoms with Crippen LogP contribution < -0.4 is 0 Å². The van der Waals surface area contributed by atoms with Gasteiger partial charge in [0.05, 0.1) is 6.67 Å². The van der Waals surface area contributed by atoms with Crippen LogP contribution >= 0.6 is 0 Å². The molecular formula is C11H18FNO4. The van der Waals surface area contributed by atoms with Gasteiger partial charge in [-0.2, -0.15) is 0 Å². The van der Waals surface area contributed by atoms with Crippen LogP contribution in [-0.4, -0.2) is 46.9 Å². The number of carbonyl (C=O) groups is 2. The first-order valence-electron chi connectivity index (χ1n) is 5.53. The predicted molar refractivity (Wildman–Crippen MR) is 58.4 cm³/mol. The van der Waals surface area contributed by atoms with Crippen molar-refractivity contribution in [1.29, 1.82) is 0 Å². The molecule has 1 heterocycles. The molecule has 0 aromatic rings. The van der Waals surface area contributed by atoms with E-state index < -0.39 is 36.3 Å². The van der Waals surface area contributed by atoms with Crippen molar-refractivity contribution >= 4 is 12.1 Å². The number of nitrogens with zero attached hydrogens (tertiary/aromatic N) is 1. The molecule has 1 fully saturated rings. The number of rotatable bonds is 2. The minimum Gasteiger partial charge on any atom is -0.480 e. The van der Waals surface area contributed by atoms with Crippen molar-refractivity contribution in [2.24, 2.45) is 5.92 Å². The lowest BCUT2D eigenvalue weighted by Gasteiger charge is -2.26.